The molecule has 0 bridgehead atoms. The molecule has 3 unspecified atom stereocenters. The van der Waals surface area contributed by atoms with Gasteiger partial charge in [0.2, 0.25) is 10.0 Å². The first-order chi connectivity index (χ1) is 13.8. The third kappa shape index (κ3) is 5.98. The molecular weight excluding hydrogens is 395 g/mol. The first-order valence-corrected chi connectivity index (χ1v) is 11.0. The van der Waals surface area contributed by atoms with Crippen LogP contribution in [0.4, 0.5) is 14.9 Å². The SMILES string of the molecule is CC1CCC(F)CC1NS(=O)(=O)c1ccc(NC(=O)NCc2cccnc2)cc1. The molecule has 3 N–H and O–H groups in total. The van der Waals surface area contributed by atoms with Crippen LogP contribution in [0, 0.1) is 5.92 Å². The van der Waals surface area contributed by atoms with Gasteiger partial charge in [0, 0.05) is 30.7 Å². The van der Waals surface area contributed by atoms with E-state index in [4.69, 9.17) is 0 Å². The van der Waals surface area contributed by atoms with Crippen molar-refractivity contribution < 1.29 is 17.6 Å². The summed E-state index contributed by atoms with van der Waals surface area (Å²) in [4.78, 5) is 16.0. The second-order valence-corrected chi connectivity index (χ2v) is 9.02. The predicted molar refractivity (Wildman–Crippen MR) is 109 cm³/mol. The Morgan fingerprint density at radius 2 is 1.97 bits per heavy atom. The molecule has 0 saturated heterocycles. The van der Waals surface area contributed by atoms with Crippen molar-refractivity contribution in [2.75, 3.05) is 5.32 Å². The number of halogens is 1. The number of amides is 2. The maximum atomic E-state index is 13.6. The van der Waals surface area contributed by atoms with Gasteiger partial charge >= 0.3 is 6.03 Å². The van der Waals surface area contributed by atoms with Crippen molar-refractivity contribution in [1.82, 2.24) is 15.0 Å². The second-order valence-electron chi connectivity index (χ2n) is 7.31. The van der Waals surface area contributed by atoms with Gasteiger partial charge in [-0.2, -0.15) is 0 Å². The molecular formula is C20H25FN4O3S. The molecule has 7 nitrogen and oxygen atoms in total. The number of rotatable bonds is 6. The van der Waals surface area contributed by atoms with Crippen molar-refractivity contribution >= 4 is 21.7 Å². The molecule has 2 amide bonds. The van der Waals surface area contributed by atoms with Gasteiger partial charge < -0.3 is 10.6 Å². The fourth-order valence-corrected chi connectivity index (χ4v) is 4.64. The van der Waals surface area contributed by atoms with E-state index in [0.29, 0.717) is 25.1 Å². The van der Waals surface area contributed by atoms with E-state index in [9.17, 15) is 17.6 Å². The van der Waals surface area contributed by atoms with Gasteiger partial charge in [0.1, 0.15) is 6.17 Å². The summed E-state index contributed by atoms with van der Waals surface area (Å²) >= 11 is 0. The molecule has 2 aromatic rings. The van der Waals surface area contributed by atoms with E-state index in [1.807, 2.05) is 13.0 Å². The summed E-state index contributed by atoms with van der Waals surface area (Å²) in [6.45, 7) is 2.25. The van der Waals surface area contributed by atoms with Gasteiger partial charge in [-0.3, -0.25) is 4.98 Å². The lowest BCUT2D eigenvalue weighted by Gasteiger charge is -2.31. The van der Waals surface area contributed by atoms with Crippen molar-refractivity contribution in [2.24, 2.45) is 5.92 Å². The van der Waals surface area contributed by atoms with Gasteiger partial charge in [-0.25, -0.2) is 22.3 Å². The molecule has 29 heavy (non-hydrogen) atoms. The van der Waals surface area contributed by atoms with E-state index in [-0.39, 0.29) is 17.2 Å². The molecule has 1 aromatic carbocycles. The molecule has 1 aromatic heterocycles. The van der Waals surface area contributed by atoms with Crippen molar-refractivity contribution in [3.63, 3.8) is 0 Å². The number of benzene rings is 1. The number of nitrogens with one attached hydrogen (secondary N) is 3. The Labute approximate surface area is 170 Å². The first-order valence-electron chi connectivity index (χ1n) is 9.54. The minimum Gasteiger partial charge on any atom is -0.334 e. The summed E-state index contributed by atoms with van der Waals surface area (Å²) in [6.07, 6.45) is 3.66. The zero-order valence-corrected chi connectivity index (χ0v) is 17.0. The van der Waals surface area contributed by atoms with Gasteiger partial charge in [-0.05, 0) is 61.1 Å². The number of hydrogen-bond donors (Lipinski definition) is 3. The monoisotopic (exact) mass is 420 g/mol. The number of urea groups is 1. The number of alkyl halides is 1. The van der Waals surface area contributed by atoms with Gasteiger partial charge in [0.05, 0.1) is 4.90 Å². The molecule has 1 fully saturated rings. The van der Waals surface area contributed by atoms with Crippen LogP contribution in [0.3, 0.4) is 0 Å². The zero-order valence-electron chi connectivity index (χ0n) is 16.1. The highest BCUT2D eigenvalue weighted by Gasteiger charge is 2.31. The Bertz CT molecular complexity index is 923. The highest BCUT2D eigenvalue weighted by Crippen LogP contribution is 2.27. The molecule has 1 aliphatic carbocycles. The maximum Gasteiger partial charge on any atom is 0.319 e. The normalized spacial score (nSPS) is 22.1. The van der Waals surface area contributed by atoms with Gasteiger partial charge in [0.15, 0.2) is 0 Å². The van der Waals surface area contributed by atoms with E-state index in [0.717, 1.165) is 5.56 Å². The maximum absolute atomic E-state index is 13.6. The fraction of sp³-hybridized carbons (Fsp3) is 0.400. The molecule has 3 atom stereocenters. The molecule has 156 valence electrons. The summed E-state index contributed by atoms with van der Waals surface area (Å²) in [5.41, 5.74) is 1.32. The lowest BCUT2D eigenvalue weighted by atomic mass is 9.85. The largest absolute Gasteiger partial charge is 0.334 e. The molecule has 0 spiro atoms. The average molecular weight is 421 g/mol. The number of carbonyl (C=O) groups excluding carboxylic acids is 1. The minimum atomic E-state index is -3.76. The van der Waals surface area contributed by atoms with Crippen LogP contribution < -0.4 is 15.4 Å². The molecule has 1 heterocycles. The summed E-state index contributed by atoms with van der Waals surface area (Å²) in [7, 11) is -3.76. The van der Waals surface area contributed by atoms with E-state index in [1.165, 1.54) is 24.3 Å². The van der Waals surface area contributed by atoms with E-state index in [1.54, 1.807) is 18.5 Å². The van der Waals surface area contributed by atoms with Crippen LogP contribution in [0.2, 0.25) is 0 Å². The predicted octanol–water partition coefficient (Wildman–Crippen LogP) is 3.21. The fourth-order valence-electron chi connectivity index (χ4n) is 3.28. The second kappa shape index (κ2) is 9.32. The minimum absolute atomic E-state index is 0.0759. The topological polar surface area (TPSA) is 100 Å². The average Bonchev–Trinajstić information content (AvgIpc) is 2.70. The summed E-state index contributed by atoms with van der Waals surface area (Å²) in [6, 6.07) is 8.66. The van der Waals surface area contributed by atoms with Crippen LogP contribution in [0.5, 0.6) is 0 Å². The number of nitrogens with zero attached hydrogens (tertiary/aromatic N) is 1. The molecule has 0 aliphatic heterocycles. The van der Waals surface area contributed by atoms with E-state index >= 15 is 0 Å². The molecule has 9 heteroatoms. The van der Waals surface area contributed by atoms with Crippen molar-refractivity contribution in [3.8, 4) is 0 Å². The summed E-state index contributed by atoms with van der Waals surface area (Å²) in [5, 5.41) is 5.35. The van der Waals surface area contributed by atoms with E-state index < -0.39 is 28.3 Å². The van der Waals surface area contributed by atoms with Gasteiger partial charge in [0.25, 0.3) is 0 Å². The first kappa shape index (κ1) is 21.2. The number of pyridine rings is 1. The van der Waals surface area contributed by atoms with Gasteiger partial charge in [-0.1, -0.05) is 13.0 Å². The van der Waals surface area contributed by atoms with Crippen molar-refractivity contribution in [1.29, 1.82) is 0 Å². The lowest BCUT2D eigenvalue weighted by Crippen LogP contribution is -2.43. The van der Waals surface area contributed by atoms with Crippen LogP contribution in [0.25, 0.3) is 0 Å². The quantitative estimate of drug-likeness (QED) is 0.668. The van der Waals surface area contributed by atoms with Crippen LogP contribution in [-0.2, 0) is 16.6 Å². The number of anilines is 1. The number of sulfonamides is 1. The summed E-state index contributed by atoms with van der Waals surface area (Å²) in [5.74, 6) is 0.0845. The lowest BCUT2D eigenvalue weighted by molar-refractivity contribution is 0.183. The van der Waals surface area contributed by atoms with Crippen LogP contribution in [0.15, 0.2) is 53.7 Å². The van der Waals surface area contributed by atoms with E-state index in [2.05, 4.69) is 20.3 Å². The van der Waals surface area contributed by atoms with Crippen LogP contribution >= 0.6 is 0 Å². The Hall–Kier alpha value is -2.52. The Balaban J connectivity index is 1.56. The number of carbonyl (C=O) groups is 1. The number of hydrogen-bond acceptors (Lipinski definition) is 4. The van der Waals surface area contributed by atoms with Crippen LogP contribution in [-0.4, -0.2) is 31.6 Å². The summed E-state index contributed by atoms with van der Waals surface area (Å²) < 4.78 is 41.5. The van der Waals surface area contributed by atoms with Gasteiger partial charge in [-0.15, -0.1) is 0 Å². The van der Waals surface area contributed by atoms with Crippen LogP contribution in [0.1, 0.15) is 31.7 Å². The Morgan fingerprint density at radius 3 is 2.66 bits per heavy atom. The highest BCUT2D eigenvalue weighted by molar-refractivity contribution is 7.89. The van der Waals surface area contributed by atoms with Crippen molar-refractivity contribution in [2.45, 2.75) is 49.8 Å². The Kier molecular flexibility index (Phi) is 6.81. The molecule has 1 saturated carbocycles. The third-order valence-corrected chi connectivity index (χ3v) is 6.54. The third-order valence-electron chi connectivity index (χ3n) is 5.04. The smallest absolute Gasteiger partial charge is 0.319 e. The van der Waals surface area contributed by atoms with Crippen molar-refractivity contribution in [3.05, 3.63) is 54.4 Å². The standard InChI is InChI=1S/C20H25FN4O3S/c1-14-4-5-16(21)11-19(14)25-29(27,28)18-8-6-17(7-9-18)24-20(26)23-13-15-3-2-10-22-12-15/h2-3,6-10,12,14,16,19,25H,4-5,11,13H2,1H3,(H2,23,24,26). The molecule has 3 rings (SSSR count). The number of aromatic nitrogens is 1. The highest BCUT2D eigenvalue weighted by atomic mass is 32.2. The molecule has 0 radical (unpaired) electrons. The molecule has 1 aliphatic rings. The zero-order chi connectivity index (χ0) is 20.9. The Morgan fingerprint density at radius 1 is 1.21 bits per heavy atom.